The first-order valence-corrected chi connectivity index (χ1v) is 10.9. The first kappa shape index (κ1) is 21.3. The van der Waals surface area contributed by atoms with Gasteiger partial charge in [0.15, 0.2) is 5.13 Å². The fourth-order valence-electron chi connectivity index (χ4n) is 2.89. The number of carbonyl (C=O) groups excluding carboxylic acids is 1. The molecule has 8 heteroatoms. The van der Waals surface area contributed by atoms with Gasteiger partial charge in [0.25, 0.3) is 5.91 Å². The Morgan fingerprint density at radius 2 is 1.79 bits per heavy atom. The van der Waals surface area contributed by atoms with Crippen LogP contribution in [0.25, 0.3) is 10.2 Å². The van der Waals surface area contributed by atoms with Gasteiger partial charge < -0.3 is 4.90 Å². The minimum atomic E-state index is -0.205. The van der Waals surface area contributed by atoms with E-state index in [0.717, 1.165) is 24.3 Å². The van der Waals surface area contributed by atoms with Gasteiger partial charge in [-0.1, -0.05) is 66.1 Å². The number of rotatable bonds is 7. The molecule has 0 aliphatic carbocycles. The number of halogens is 3. The molecule has 0 spiro atoms. The Morgan fingerprint density at radius 1 is 1.04 bits per heavy atom. The van der Waals surface area contributed by atoms with Gasteiger partial charge in [-0.15, -0.1) is 0 Å². The second-order valence-corrected chi connectivity index (χ2v) is 8.45. The quantitative estimate of drug-likeness (QED) is 0.422. The van der Waals surface area contributed by atoms with Gasteiger partial charge in [-0.25, -0.2) is 4.98 Å². The standard InChI is InChI=1S/C20H20Cl3N3OS/c1-3-25(4-2)10-11-26(19(27)14-9-8-13(21)12-16(14)23)20-24-18-15(22)6-5-7-17(18)28-20/h5-9,12H,3-4,10-11H2,1-2H3. The van der Waals surface area contributed by atoms with E-state index in [1.54, 1.807) is 29.2 Å². The number of benzene rings is 2. The van der Waals surface area contributed by atoms with E-state index in [2.05, 4.69) is 23.7 Å². The Morgan fingerprint density at radius 3 is 2.43 bits per heavy atom. The van der Waals surface area contributed by atoms with Crippen LogP contribution in [0.4, 0.5) is 5.13 Å². The van der Waals surface area contributed by atoms with Crippen molar-refractivity contribution in [2.45, 2.75) is 13.8 Å². The topological polar surface area (TPSA) is 36.4 Å². The monoisotopic (exact) mass is 455 g/mol. The van der Waals surface area contributed by atoms with Crippen molar-refractivity contribution in [3.05, 3.63) is 57.0 Å². The number of hydrogen-bond donors (Lipinski definition) is 0. The van der Waals surface area contributed by atoms with Crippen LogP contribution < -0.4 is 4.90 Å². The lowest BCUT2D eigenvalue weighted by Gasteiger charge is -2.25. The molecule has 0 N–H and O–H groups in total. The van der Waals surface area contributed by atoms with Crippen LogP contribution in [0.2, 0.25) is 15.1 Å². The molecule has 0 aliphatic heterocycles. The van der Waals surface area contributed by atoms with Gasteiger partial charge in [-0.2, -0.15) is 0 Å². The van der Waals surface area contributed by atoms with E-state index in [1.165, 1.54) is 11.3 Å². The van der Waals surface area contributed by atoms with Gasteiger partial charge in [-0.3, -0.25) is 9.69 Å². The molecule has 0 bridgehead atoms. The number of fused-ring (bicyclic) bond motifs is 1. The summed E-state index contributed by atoms with van der Waals surface area (Å²) < 4.78 is 0.936. The summed E-state index contributed by atoms with van der Waals surface area (Å²) in [5.74, 6) is -0.205. The maximum absolute atomic E-state index is 13.3. The van der Waals surface area contributed by atoms with Crippen molar-refractivity contribution in [2.24, 2.45) is 0 Å². The molecule has 0 radical (unpaired) electrons. The predicted octanol–water partition coefficient (Wildman–Crippen LogP) is 6.25. The number of para-hydroxylation sites is 1. The molecular weight excluding hydrogens is 437 g/mol. The average Bonchev–Trinajstić information content (AvgIpc) is 3.10. The maximum atomic E-state index is 13.3. The number of thiazole rings is 1. The Hall–Kier alpha value is -1.37. The molecule has 0 unspecified atom stereocenters. The number of anilines is 1. The van der Waals surface area contributed by atoms with Crippen LogP contribution in [0.1, 0.15) is 24.2 Å². The summed E-state index contributed by atoms with van der Waals surface area (Å²) in [6.45, 7) is 7.24. The fourth-order valence-corrected chi connectivity index (χ4v) is 4.67. The minimum Gasteiger partial charge on any atom is -0.302 e. The van der Waals surface area contributed by atoms with Crippen LogP contribution in [-0.4, -0.2) is 42.0 Å². The molecule has 28 heavy (non-hydrogen) atoms. The van der Waals surface area contributed by atoms with Gasteiger partial charge in [0.05, 0.1) is 20.3 Å². The van der Waals surface area contributed by atoms with Crippen LogP contribution in [0, 0.1) is 0 Å². The van der Waals surface area contributed by atoms with Gasteiger partial charge >= 0.3 is 0 Å². The van der Waals surface area contributed by atoms with E-state index in [-0.39, 0.29) is 5.91 Å². The number of amides is 1. The summed E-state index contributed by atoms with van der Waals surface area (Å²) >= 11 is 20.0. The molecule has 148 valence electrons. The van der Waals surface area contributed by atoms with Gasteiger partial charge in [0.2, 0.25) is 0 Å². The van der Waals surface area contributed by atoms with Crippen molar-refractivity contribution in [1.82, 2.24) is 9.88 Å². The molecule has 0 aliphatic rings. The molecular formula is C20H20Cl3N3OS. The zero-order valence-electron chi connectivity index (χ0n) is 15.6. The molecule has 0 atom stereocenters. The van der Waals surface area contributed by atoms with E-state index in [4.69, 9.17) is 34.8 Å². The average molecular weight is 457 g/mol. The third kappa shape index (κ3) is 4.61. The highest BCUT2D eigenvalue weighted by atomic mass is 35.5. The fraction of sp³-hybridized carbons (Fsp3) is 0.300. The van der Waals surface area contributed by atoms with Gasteiger partial charge in [0.1, 0.15) is 5.52 Å². The lowest BCUT2D eigenvalue weighted by Crippen LogP contribution is -2.39. The largest absolute Gasteiger partial charge is 0.302 e. The SMILES string of the molecule is CCN(CC)CCN(C(=O)c1ccc(Cl)cc1Cl)c1nc2c(Cl)cccc2s1. The number of hydrogen-bond acceptors (Lipinski definition) is 4. The molecule has 0 saturated carbocycles. The minimum absolute atomic E-state index is 0.205. The highest BCUT2D eigenvalue weighted by Gasteiger charge is 2.24. The van der Waals surface area contributed by atoms with Crippen LogP contribution in [0.15, 0.2) is 36.4 Å². The highest BCUT2D eigenvalue weighted by Crippen LogP contribution is 2.34. The predicted molar refractivity (Wildman–Crippen MR) is 121 cm³/mol. The molecule has 0 fully saturated rings. The number of nitrogens with zero attached hydrogens (tertiary/aromatic N) is 3. The van der Waals surface area contributed by atoms with Crippen molar-refractivity contribution in [1.29, 1.82) is 0 Å². The van der Waals surface area contributed by atoms with E-state index >= 15 is 0 Å². The maximum Gasteiger partial charge on any atom is 0.261 e. The summed E-state index contributed by atoms with van der Waals surface area (Å²) in [5.41, 5.74) is 1.10. The molecule has 1 aromatic heterocycles. The van der Waals surface area contributed by atoms with Crippen LogP contribution in [-0.2, 0) is 0 Å². The first-order valence-electron chi connectivity index (χ1n) is 8.98. The number of likely N-dealkylation sites (N-methyl/N-ethyl adjacent to an activating group) is 1. The van der Waals surface area contributed by atoms with Crippen LogP contribution in [0.3, 0.4) is 0 Å². The van der Waals surface area contributed by atoms with Crippen molar-refractivity contribution in [3.8, 4) is 0 Å². The Kier molecular flexibility index (Phi) is 7.18. The second kappa shape index (κ2) is 9.42. The lowest BCUT2D eigenvalue weighted by atomic mass is 10.2. The molecule has 0 saturated heterocycles. The van der Waals surface area contributed by atoms with Crippen molar-refractivity contribution in [3.63, 3.8) is 0 Å². The van der Waals surface area contributed by atoms with Gasteiger partial charge in [0, 0.05) is 18.1 Å². The van der Waals surface area contributed by atoms with E-state index in [1.807, 2.05) is 12.1 Å². The first-order chi connectivity index (χ1) is 13.4. The van der Waals surface area contributed by atoms with Crippen LogP contribution >= 0.6 is 46.1 Å². The molecule has 2 aromatic carbocycles. The summed E-state index contributed by atoms with van der Waals surface area (Å²) in [7, 11) is 0. The van der Waals surface area contributed by atoms with E-state index in [9.17, 15) is 4.79 Å². The summed E-state index contributed by atoms with van der Waals surface area (Å²) in [6.07, 6.45) is 0. The van der Waals surface area contributed by atoms with E-state index < -0.39 is 0 Å². The Labute approximate surface area is 183 Å². The van der Waals surface area contributed by atoms with Crippen molar-refractivity contribution >= 4 is 67.4 Å². The Bertz CT molecular complexity index is 988. The van der Waals surface area contributed by atoms with Crippen molar-refractivity contribution < 1.29 is 4.79 Å². The molecule has 1 amide bonds. The zero-order chi connectivity index (χ0) is 20.3. The number of carbonyl (C=O) groups is 1. The lowest BCUT2D eigenvalue weighted by molar-refractivity contribution is 0.0984. The molecule has 1 heterocycles. The smallest absolute Gasteiger partial charge is 0.261 e. The third-order valence-electron chi connectivity index (χ3n) is 4.53. The molecule has 4 nitrogen and oxygen atoms in total. The highest BCUT2D eigenvalue weighted by molar-refractivity contribution is 7.22. The van der Waals surface area contributed by atoms with Crippen molar-refractivity contribution in [2.75, 3.05) is 31.1 Å². The molecule has 3 rings (SSSR count). The summed E-state index contributed by atoms with van der Waals surface area (Å²) in [5, 5.41) is 1.99. The normalized spacial score (nSPS) is 11.4. The summed E-state index contributed by atoms with van der Waals surface area (Å²) in [6, 6.07) is 10.5. The van der Waals surface area contributed by atoms with Crippen LogP contribution in [0.5, 0.6) is 0 Å². The molecule has 3 aromatic rings. The third-order valence-corrected chi connectivity index (χ3v) is 6.43. The number of aromatic nitrogens is 1. The van der Waals surface area contributed by atoms with E-state index in [0.29, 0.717) is 37.8 Å². The summed E-state index contributed by atoms with van der Waals surface area (Å²) in [4.78, 5) is 21.9. The Balaban J connectivity index is 2.00. The zero-order valence-corrected chi connectivity index (χ0v) is 18.7. The second-order valence-electron chi connectivity index (χ2n) is 6.19. The van der Waals surface area contributed by atoms with Gasteiger partial charge in [-0.05, 0) is 43.4 Å².